The van der Waals surface area contributed by atoms with Gasteiger partial charge in [0.2, 0.25) is 0 Å². The van der Waals surface area contributed by atoms with Crippen molar-refractivity contribution >= 4 is 111 Å². The van der Waals surface area contributed by atoms with Gasteiger partial charge in [-0.3, -0.25) is 0 Å². The highest BCUT2D eigenvalue weighted by Crippen LogP contribution is 2.70. The molecule has 0 radical (unpaired) electrons. The monoisotopic (exact) mass is 1100 g/mol. The third kappa shape index (κ3) is 6.23. The zero-order chi connectivity index (χ0) is 56.6. The zero-order valence-corrected chi connectivity index (χ0v) is 46.7. The Bertz CT molecular complexity index is 5420. The van der Waals surface area contributed by atoms with E-state index in [-0.39, 0.29) is 17.1 Å². The van der Waals surface area contributed by atoms with Gasteiger partial charge in [-0.25, -0.2) is 8.78 Å². The maximum atomic E-state index is 16.0. The van der Waals surface area contributed by atoms with Crippen LogP contribution in [0.1, 0.15) is 51.4 Å². The SMILES string of the molecule is Cc1ccc(N(C2=CC3C(C)(c4ccccc42)c2c(cc(N(c4ccc(C)cc4)c4cccc5c4oc4c(F)cccc45)c4ccccc24)C32c3ccccc3-n3c4ccccc4c4cccc2c43)c2cccc3c2oc2c(F)cccc23)cc1. The molecule has 5 nitrogen and oxygen atoms in total. The third-order valence-electron chi connectivity index (χ3n) is 19.3. The highest BCUT2D eigenvalue weighted by atomic mass is 19.1. The molecule has 1 spiro atoms. The number of rotatable bonds is 6. The topological polar surface area (TPSA) is 37.7 Å². The molecule has 0 saturated carbocycles. The predicted octanol–water partition coefficient (Wildman–Crippen LogP) is 20.9. The molecule has 2 aliphatic carbocycles. The summed E-state index contributed by atoms with van der Waals surface area (Å²) in [5, 5.41) is 7.70. The number of halogens is 2. The number of furan rings is 2. The van der Waals surface area contributed by atoms with Crippen molar-refractivity contribution in [2.45, 2.75) is 31.6 Å². The Kier molecular flexibility index (Phi) is 9.78. The van der Waals surface area contributed by atoms with Crippen LogP contribution in [0.2, 0.25) is 0 Å². The maximum absolute atomic E-state index is 16.0. The molecule has 0 N–H and O–H groups in total. The van der Waals surface area contributed by atoms with Crippen LogP contribution in [-0.4, -0.2) is 4.57 Å². The molecule has 18 rings (SSSR count). The summed E-state index contributed by atoms with van der Waals surface area (Å²) < 4.78 is 48.0. The average Bonchev–Trinajstić information content (AvgIpc) is 1.51. The summed E-state index contributed by atoms with van der Waals surface area (Å²) in [6, 6.07) is 85.5. The first kappa shape index (κ1) is 48.1. The molecule has 85 heavy (non-hydrogen) atoms. The van der Waals surface area contributed by atoms with Gasteiger partial charge in [0, 0.05) is 66.0 Å². The molecule has 0 amide bonds. The Labute approximate surface area is 488 Å². The van der Waals surface area contributed by atoms with Gasteiger partial charge in [0.05, 0.1) is 44.9 Å². The summed E-state index contributed by atoms with van der Waals surface area (Å²) in [6.45, 7) is 6.73. The molecule has 12 aromatic carbocycles. The average molecular weight is 1100 g/mol. The molecule has 7 heteroatoms. The first-order valence-corrected chi connectivity index (χ1v) is 29.2. The predicted molar refractivity (Wildman–Crippen MR) is 343 cm³/mol. The zero-order valence-electron chi connectivity index (χ0n) is 46.7. The molecule has 3 atom stereocenters. The Morgan fingerprint density at radius 1 is 0.412 bits per heavy atom. The smallest absolute Gasteiger partial charge is 0.171 e. The van der Waals surface area contributed by atoms with Crippen molar-refractivity contribution in [3.63, 3.8) is 0 Å². The molecular weight excluding hydrogens is 1050 g/mol. The van der Waals surface area contributed by atoms with E-state index in [1.165, 1.54) is 56.2 Å². The second kappa shape index (κ2) is 17.3. The van der Waals surface area contributed by atoms with E-state index in [0.717, 1.165) is 94.3 Å². The second-order valence-corrected chi connectivity index (χ2v) is 23.6. The summed E-state index contributed by atoms with van der Waals surface area (Å²) in [6.07, 6.45) is 2.59. The van der Waals surface area contributed by atoms with Crippen LogP contribution in [0.5, 0.6) is 0 Å². The van der Waals surface area contributed by atoms with Crippen molar-refractivity contribution in [3.05, 3.63) is 305 Å². The lowest BCUT2D eigenvalue weighted by atomic mass is 9.56. The summed E-state index contributed by atoms with van der Waals surface area (Å²) in [5.41, 5.74) is 18.4. The summed E-state index contributed by atoms with van der Waals surface area (Å²) in [4.78, 5) is 4.71. The molecular formula is C78H51F2N3O2. The lowest BCUT2D eigenvalue weighted by Gasteiger charge is -2.48. The van der Waals surface area contributed by atoms with Crippen molar-refractivity contribution in [2.24, 2.45) is 5.92 Å². The number of aryl methyl sites for hydroxylation is 2. The van der Waals surface area contributed by atoms with E-state index in [9.17, 15) is 0 Å². The van der Waals surface area contributed by atoms with E-state index in [2.05, 4.69) is 235 Å². The standard InChI is InChI=1S/C78H51F2N3O2/c1-45-35-39-47(40-36-45)81(66-33-15-24-55-53-22-13-29-62(79)73(53)84-75(55)66)68-43-61-71(51-19-5-4-17-49(51)68)77(3)58-26-8-6-20-57(58)69(82(48-41-37-46(2)38-42-48)67-34-16-25-56-54-23-14-30-63(80)74(54)85-76(56)67)44-70(77)78(61)59-27-9-11-32-65(59)83-64-31-10-7-18-50(64)52-21-12-28-60(78)72(52)83/h4-44,70H,1-3H3. The molecule has 404 valence electrons. The van der Waals surface area contributed by atoms with E-state index in [1.807, 2.05) is 24.3 Å². The Morgan fingerprint density at radius 3 is 1.58 bits per heavy atom. The fraction of sp³-hybridized carbons (Fsp3) is 0.0769. The lowest BCUT2D eigenvalue weighted by molar-refractivity contribution is 0.355. The quantitative estimate of drug-likeness (QED) is 0.166. The minimum Gasteiger partial charge on any atom is -0.451 e. The van der Waals surface area contributed by atoms with Crippen LogP contribution in [0.3, 0.4) is 0 Å². The Morgan fingerprint density at radius 2 is 0.906 bits per heavy atom. The van der Waals surface area contributed by atoms with Crippen molar-refractivity contribution in [3.8, 4) is 5.69 Å². The van der Waals surface area contributed by atoms with Gasteiger partial charge in [0.15, 0.2) is 34.0 Å². The fourth-order valence-corrected chi connectivity index (χ4v) is 15.8. The molecule has 3 unspecified atom stereocenters. The fourth-order valence-electron chi connectivity index (χ4n) is 15.8. The summed E-state index contributed by atoms with van der Waals surface area (Å²) >= 11 is 0. The van der Waals surface area contributed by atoms with Crippen LogP contribution < -0.4 is 9.80 Å². The number of fused-ring (bicyclic) bond motifs is 22. The van der Waals surface area contributed by atoms with Crippen LogP contribution in [-0.2, 0) is 10.8 Å². The minimum absolute atomic E-state index is 0.232. The van der Waals surface area contributed by atoms with Crippen molar-refractivity contribution in [2.75, 3.05) is 9.80 Å². The van der Waals surface area contributed by atoms with E-state index in [0.29, 0.717) is 11.2 Å². The highest BCUT2D eigenvalue weighted by Gasteiger charge is 2.64. The van der Waals surface area contributed by atoms with E-state index in [1.54, 1.807) is 12.1 Å². The van der Waals surface area contributed by atoms with Crippen molar-refractivity contribution < 1.29 is 17.6 Å². The number of allylic oxidation sites excluding steroid dienone is 1. The second-order valence-electron chi connectivity index (χ2n) is 23.6. The normalized spacial score (nSPS) is 17.5. The maximum Gasteiger partial charge on any atom is 0.171 e. The molecule has 3 aliphatic rings. The number of para-hydroxylation sites is 7. The van der Waals surface area contributed by atoms with Gasteiger partial charge < -0.3 is 23.2 Å². The van der Waals surface area contributed by atoms with E-state index < -0.39 is 22.5 Å². The third-order valence-corrected chi connectivity index (χ3v) is 19.3. The lowest BCUT2D eigenvalue weighted by Crippen LogP contribution is -2.45. The number of benzene rings is 12. The molecule has 1 aliphatic heterocycles. The van der Waals surface area contributed by atoms with E-state index >= 15 is 8.78 Å². The molecule has 0 fully saturated rings. The largest absolute Gasteiger partial charge is 0.451 e. The first-order chi connectivity index (χ1) is 41.7. The van der Waals surface area contributed by atoms with Gasteiger partial charge >= 0.3 is 0 Å². The van der Waals surface area contributed by atoms with Crippen LogP contribution in [0, 0.1) is 31.4 Å². The Hall–Kier alpha value is -10.5. The number of nitrogens with zero attached hydrogens (tertiary/aromatic N) is 3. The molecule has 3 aromatic heterocycles. The van der Waals surface area contributed by atoms with Gasteiger partial charge in [-0.2, -0.15) is 0 Å². The Balaban J connectivity index is 1.02. The number of hydrogen-bond donors (Lipinski definition) is 0. The van der Waals surface area contributed by atoms with E-state index in [4.69, 9.17) is 8.83 Å². The van der Waals surface area contributed by atoms with Gasteiger partial charge in [0.1, 0.15) is 0 Å². The summed E-state index contributed by atoms with van der Waals surface area (Å²) in [5.74, 6) is -1.10. The molecule has 0 saturated heterocycles. The van der Waals surface area contributed by atoms with Gasteiger partial charge in [-0.15, -0.1) is 0 Å². The summed E-state index contributed by atoms with van der Waals surface area (Å²) in [7, 11) is 0. The highest BCUT2D eigenvalue weighted by molar-refractivity contribution is 6.16. The van der Waals surface area contributed by atoms with Gasteiger partial charge in [-0.05, 0) is 114 Å². The number of hydrogen-bond acceptors (Lipinski definition) is 4. The van der Waals surface area contributed by atoms with Crippen molar-refractivity contribution in [1.82, 2.24) is 4.57 Å². The number of anilines is 5. The van der Waals surface area contributed by atoms with Crippen LogP contribution in [0.25, 0.3) is 87.8 Å². The first-order valence-electron chi connectivity index (χ1n) is 29.2. The van der Waals surface area contributed by atoms with Crippen LogP contribution >= 0.6 is 0 Å². The van der Waals surface area contributed by atoms with Crippen LogP contribution in [0.4, 0.5) is 37.2 Å². The minimum atomic E-state index is -0.886. The molecule has 0 bridgehead atoms. The van der Waals surface area contributed by atoms with Gasteiger partial charge in [-0.1, -0.05) is 200 Å². The van der Waals surface area contributed by atoms with Gasteiger partial charge in [0.25, 0.3) is 0 Å². The van der Waals surface area contributed by atoms with Crippen LogP contribution in [0.15, 0.2) is 258 Å². The molecule has 15 aromatic rings. The molecule has 4 heterocycles. The van der Waals surface area contributed by atoms with Crippen molar-refractivity contribution in [1.29, 1.82) is 0 Å². The number of aromatic nitrogens is 1.